The maximum absolute atomic E-state index is 11.9. The second-order valence-electron chi connectivity index (χ2n) is 7.04. The van der Waals surface area contributed by atoms with Gasteiger partial charge in [-0.15, -0.1) is 0 Å². The Hall–Kier alpha value is -3.54. The molecule has 156 valence electrons. The van der Waals surface area contributed by atoms with E-state index in [0.29, 0.717) is 25.0 Å². The Balaban J connectivity index is 2.07. The molecule has 3 N–H and O–H groups in total. The fourth-order valence-electron chi connectivity index (χ4n) is 3.51. The summed E-state index contributed by atoms with van der Waals surface area (Å²) in [5.74, 6) is -0.673. The standard InChI is InChI=1S/C24H27N3O3/c1-4-30-23(28)14-11-20-10-13-22(17-5-8-19(26-3)9-6-17)27(20)21-12-7-18(24(25)29)15-16(21)2/h5-10,12-13,15,26H,4,11,14H2,1-3H3,(H2,25,29). The van der Waals surface area contributed by atoms with Gasteiger partial charge in [-0.3, -0.25) is 9.59 Å². The molecular formula is C24H27N3O3. The number of esters is 1. The Kier molecular flexibility index (Phi) is 6.57. The van der Waals surface area contributed by atoms with Crippen LogP contribution in [-0.4, -0.2) is 30.1 Å². The average molecular weight is 405 g/mol. The Labute approximate surface area is 176 Å². The van der Waals surface area contributed by atoms with Crippen LogP contribution in [0.5, 0.6) is 0 Å². The van der Waals surface area contributed by atoms with Gasteiger partial charge >= 0.3 is 5.97 Å². The number of aromatic nitrogens is 1. The lowest BCUT2D eigenvalue weighted by atomic mass is 10.1. The maximum atomic E-state index is 11.9. The van der Waals surface area contributed by atoms with Gasteiger partial charge < -0.3 is 20.4 Å². The van der Waals surface area contributed by atoms with Gasteiger partial charge in [-0.05, 0) is 73.9 Å². The minimum Gasteiger partial charge on any atom is -0.466 e. The second-order valence-corrected chi connectivity index (χ2v) is 7.04. The van der Waals surface area contributed by atoms with Gasteiger partial charge in [0.15, 0.2) is 0 Å². The van der Waals surface area contributed by atoms with Crippen LogP contribution >= 0.6 is 0 Å². The molecule has 0 aliphatic carbocycles. The lowest BCUT2D eigenvalue weighted by Crippen LogP contribution is -2.12. The van der Waals surface area contributed by atoms with Crippen LogP contribution in [0.15, 0.2) is 54.6 Å². The summed E-state index contributed by atoms with van der Waals surface area (Å²) in [7, 11) is 1.88. The molecule has 3 rings (SSSR count). The molecule has 0 bridgehead atoms. The minimum atomic E-state index is -0.456. The Bertz CT molecular complexity index is 1050. The van der Waals surface area contributed by atoms with Gasteiger partial charge in [0, 0.05) is 29.7 Å². The number of primary amides is 1. The van der Waals surface area contributed by atoms with Crippen LogP contribution in [0, 0.1) is 6.92 Å². The number of rotatable bonds is 8. The number of carbonyl (C=O) groups excluding carboxylic acids is 2. The van der Waals surface area contributed by atoms with Gasteiger partial charge in [-0.25, -0.2) is 0 Å². The highest BCUT2D eigenvalue weighted by Crippen LogP contribution is 2.30. The van der Waals surface area contributed by atoms with E-state index in [2.05, 4.69) is 28.1 Å². The van der Waals surface area contributed by atoms with Crippen molar-refractivity contribution in [1.29, 1.82) is 0 Å². The zero-order valence-electron chi connectivity index (χ0n) is 17.6. The average Bonchev–Trinajstić information content (AvgIpc) is 3.16. The fourth-order valence-corrected chi connectivity index (χ4v) is 3.51. The highest BCUT2D eigenvalue weighted by molar-refractivity contribution is 5.93. The number of hydrogen-bond acceptors (Lipinski definition) is 4. The molecule has 0 aliphatic rings. The van der Waals surface area contributed by atoms with E-state index in [9.17, 15) is 9.59 Å². The van der Waals surface area contributed by atoms with Crippen LogP contribution in [-0.2, 0) is 16.0 Å². The van der Waals surface area contributed by atoms with Gasteiger partial charge in [0.1, 0.15) is 0 Å². The number of anilines is 1. The van der Waals surface area contributed by atoms with E-state index < -0.39 is 5.91 Å². The van der Waals surface area contributed by atoms with Gasteiger partial charge in [0.25, 0.3) is 0 Å². The summed E-state index contributed by atoms with van der Waals surface area (Å²) in [6, 6.07) is 17.7. The molecule has 0 radical (unpaired) electrons. The first-order valence-corrected chi connectivity index (χ1v) is 9.99. The molecule has 30 heavy (non-hydrogen) atoms. The molecule has 1 aromatic heterocycles. The second kappa shape index (κ2) is 9.31. The predicted molar refractivity (Wildman–Crippen MR) is 119 cm³/mol. The van der Waals surface area contributed by atoms with Crippen molar-refractivity contribution >= 4 is 17.6 Å². The number of ether oxygens (including phenoxy) is 1. The first kappa shape index (κ1) is 21.2. The predicted octanol–water partition coefficient (Wildman–Crippen LogP) is 4.09. The van der Waals surface area contributed by atoms with Crippen molar-refractivity contribution in [1.82, 2.24) is 4.57 Å². The van der Waals surface area contributed by atoms with Gasteiger partial charge in [0.05, 0.1) is 18.7 Å². The lowest BCUT2D eigenvalue weighted by molar-refractivity contribution is -0.143. The van der Waals surface area contributed by atoms with E-state index >= 15 is 0 Å². The van der Waals surface area contributed by atoms with E-state index in [-0.39, 0.29) is 5.97 Å². The third-order valence-electron chi connectivity index (χ3n) is 5.04. The van der Waals surface area contributed by atoms with Crippen LogP contribution in [0.1, 0.15) is 35.0 Å². The van der Waals surface area contributed by atoms with Crippen molar-refractivity contribution in [2.75, 3.05) is 19.0 Å². The molecule has 0 fully saturated rings. The van der Waals surface area contributed by atoms with Crippen molar-refractivity contribution in [3.8, 4) is 16.9 Å². The molecule has 0 aliphatic heterocycles. The first-order chi connectivity index (χ1) is 14.4. The van der Waals surface area contributed by atoms with E-state index in [4.69, 9.17) is 10.5 Å². The van der Waals surface area contributed by atoms with Gasteiger partial charge in [0.2, 0.25) is 5.91 Å². The topological polar surface area (TPSA) is 86.3 Å². The van der Waals surface area contributed by atoms with Crippen LogP contribution in [0.3, 0.4) is 0 Å². The summed E-state index contributed by atoms with van der Waals surface area (Å²) in [4.78, 5) is 23.5. The highest BCUT2D eigenvalue weighted by Gasteiger charge is 2.16. The summed E-state index contributed by atoms with van der Waals surface area (Å²) < 4.78 is 7.22. The molecule has 6 heteroatoms. The molecular weight excluding hydrogens is 378 g/mol. The van der Waals surface area contributed by atoms with Crippen molar-refractivity contribution < 1.29 is 14.3 Å². The molecule has 0 atom stereocenters. The summed E-state index contributed by atoms with van der Waals surface area (Å²) in [6.07, 6.45) is 0.846. The van der Waals surface area contributed by atoms with Crippen molar-refractivity contribution in [3.05, 3.63) is 71.4 Å². The molecule has 1 heterocycles. The number of amides is 1. The number of carbonyl (C=O) groups is 2. The molecule has 0 unspecified atom stereocenters. The first-order valence-electron chi connectivity index (χ1n) is 9.99. The Morgan fingerprint density at radius 2 is 1.80 bits per heavy atom. The summed E-state index contributed by atoms with van der Waals surface area (Å²) in [5, 5.41) is 3.13. The Morgan fingerprint density at radius 1 is 1.07 bits per heavy atom. The quantitative estimate of drug-likeness (QED) is 0.553. The smallest absolute Gasteiger partial charge is 0.306 e. The summed E-state index contributed by atoms with van der Waals surface area (Å²) in [5.41, 5.74) is 11.8. The van der Waals surface area contributed by atoms with Gasteiger partial charge in [-0.2, -0.15) is 0 Å². The number of nitrogens with two attached hydrogens (primary N) is 1. The molecule has 6 nitrogen and oxygen atoms in total. The molecule has 0 saturated heterocycles. The Morgan fingerprint density at radius 3 is 2.40 bits per heavy atom. The van der Waals surface area contributed by atoms with E-state index in [1.165, 1.54) is 0 Å². The summed E-state index contributed by atoms with van der Waals surface area (Å²) >= 11 is 0. The third-order valence-corrected chi connectivity index (χ3v) is 5.04. The highest BCUT2D eigenvalue weighted by atomic mass is 16.5. The zero-order chi connectivity index (χ0) is 21.7. The van der Waals surface area contributed by atoms with Crippen LogP contribution in [0.2, 0.25) is 0 Å². The van der Waals surface area contributed by atoms with Crippen molar-refractivity contribution in [2.45, 2.75) is 26.7 Å². The number of nitrogens with one attached hydrogen (secondary N) is 1. The van der Waals surface area contributed by atoms with E-state index in [1.807, 2.05) is 38.2 Å². The van der Waals surface area contributed by atoms with Crippen LogP contribution in [0.25, 0.3) is 16.9 Å². The molecule has 0 spiro atoms. The maximum Gasteiger partial charge on any atom is 0.306 e. The van der Waals surface area contributed by atoms with Crippen LogP contribution < -0.4 is 11.1 Å². The normalized spacial score (nSPS) is 10.6. The van der Waals surface area contributed by atoms with Crippen molar-refractivity contribution in [2.24, 2.45) is 5.73 Å². The lowest BCUT2D eigenvalue weighted by Gasteiger charge is -2.17. The molecule has 1 amide bonds. The molecule has 2 aromatic carbocycles. The number of benzene rings is 2. The van der Waals surface area contributed by atoms with E-state index in [1.54, 1.807) is 19.1 Å². The molecule has 3 aromatic rings. The van der Waals surface area contributed by atoms with Crippen molar-refractivity contribution in [3.63, 3.8) is 0 Å². The monoisotopic (exact) mass is 405 g/mol. The zero-order valence-corrected chi connectivity index (χ0v) is 17.6. The minimum absolute atomic E-state index is 0.217. The fraction of sp³-hybridized carbons (Fsp3) is 0.250. The SMILES string of the molecule is CCOC(=O)CCc1ccc(-c2ccc(NC)cc2)n1-c1ccc(C(N)=O)cc1C. The van der Waals surface area contributed by atoms with Crippen LogP contribution in [0.4, 0.5) is 5.69 Å². The number of aryl methyl sites for hydroxylation is 2. The third kappa shape index (κ3) is 4.54. The molecule has 0 saturated carbocycles. The van der Waals surface area contributed by atoms with Gasteiger partial charge in [-0.1, -0.05) is 12.1 Å². The number of nitrogens with zero attached hydrogens (tertiary/aromatic N) is 1. The summed E-state index contributed by atoms with van der Waals surface area (Å²) in [6.45, 7) is 4.12. The van der Waals surface area contributed by atoms with E-state index in [0.717, 1.165) is 33.9 Å². The largest absolute Gasteiger partial charge is 0.466 e. The number of hydrogen-bond donors (Lipinski definition) is 2.